The third-order valence-electron chi connectivity index (χ3n) is 16.2. The minimum atomic E-state index is -0.612. The van der Waals surface area contributed by atoms with Gasteiger partial charge in [-0.1, -0.05) is 194 Å². The van der Waals surface area contributed by atoms with Crippen molar-refractivity contribution in [2.75, 3.05) is 9.71 Å². The number of para-hydroxylation sites is 3. The van der Waals surface area contributed by atoms with Crippen LogP contribution in [0.3, 0.4) is 0 Å². The molecule has 5 heterocycles. The molecule has 11 aromatic rings. The number of fused-ring (bicyclic) bond motifs is 15. The third kappa shape index (κ3) is 4.14. The van der Waals surface area contributed by atoms with Crippen molar-refractivity contribution in [3.05, 3.63) is 257 Å². The molecule has 0 saturated heterocycles. The van der Waals surface area contributed by atoms with Gasteiger partial charge in [-0.25, -0.2) is 0 Å². The number of hydrogen-bond acceptors (Lipinski definition) is 3. The SMILES string of the molecule is CC12c3ccccc3-c3cccc(c31)N1B3c4cccc5c4N(c4ccccc4C5(c4ccccc4)c4ccccc4)c4cc5oc6ccccc6c5c(c43)-c3ccc(-c4ccccc4)c2c31. The van der Waals surface area contributed by atoms with Crippen LogP contribution in [0.5, 0.6) is 0 Å². The summed E-state index contributed by atoms with van der Waals surface area (Å²) in [7, 11) is 0. The average Bonchev–Trinajstić information content (AvgIpc) is 3.90. The lowest BCUT2D eigenvalue weighted by atomic mass is 9.41. The molecule has 10 aromatic carbocycles. The highest BCUT2D eigenvalue weighted by Gasteiger charge is 2.58. The van der Waals surface area contributed by atoms with Crippen molar-refractivity contribution in [3.8, 4) is 33.4 Å². The van der Waals surface area contributed by atoms with E-state index in [-0.39, 0.29) is 6.85 Å². The molecule has 3 nitrogen and oxygen atoms in total. The summed E-state index contributed by atoms with van der Waals surface area (Å²) in [5.41, 5.74) is 26.3. The van der Waals surface area contributed by atoms with E-state index in [9.17, 15) is 0 Å². The molecule has 0 bridgehead atoms. The van der Waals surface area contributed by atoms with Gasteiger partial charge in [0.15, 0.2) is 0 Å². The van der Waals surface area contributed by atoms with E-state index in [1.54, 1.807) is 0 Å². The summed E-state index contributed by atoms with van der Waals surface area (Å²) < 4.78 is 7.06. The second-order valence-electron chi connectivity index (χ2n) is 19.1. The van der Waals surface area contributed by atoms with Crippen molar-refractivity contribution in [2.24, 2.45) is 0 Å². The molecule has 0 spiro atoms. The smallest absolute Gasteiger partial charge is 0.333 e. The molecule has 16 rings (SSSR count). The zero-order valence-corrected chi connectivity index (χ0v) is 36.7. The van der Waals surface area contributed by atoms with Crippen LogP contribution in [-0.2, 0) is 10.8 Å². The molecule has 0 radical (unpaired) electrons. The lowest BCUT2D eigenvalue weighted by molar-refractivity contribution is 0.669. The lowest BCUT2D eigenvalue weighted by Crippen LogP contribution is -2.64. The van der Waals surface area contributed by atoms with Crippen molar-refractivity contribution >= 4 is 68.1 Å². The van der Waals surface area contributed by atoms with Crippen LogP contribution < -0.4 is 20.6 Å². The topological polar surface area (TPSA) is 19.6 Å². The number of nitrogens with zero attached hydrogens (tertiary/aromatic N) is 2. The third-order valence-corrected chi connectivity index (χ3v) is 16.2. The lowest BCUT2D eigenvalue weighted by Gasteiger charge is -2.54. The van der Waals surface area contributed by atoms with Crippen LogP contribution >= 0.6 is 0 Å². The highest BCUT2D eigenvalue weighted by Crippen LogP contribution is 2.67. The molecule has 0 amide bonds. The van der Waals surface area contributed by atoms with E-state index in [0.717, 1.165) is 22.2 Å². The normalized spacial score (nSPS) is 16.8. The highest BCUT2D eigenvalue weighted by molar-refractivity contribution is 6.94. The molecule has 1 aromatic heterocycles. The number of hydrogen-bond donors (Lipinski definition) is 0. The van der Waals surface area contributed by atoms with Gasteiger partial charge in [0.25, 0.3) is 0 Å². The zero-order chi connectivity index (χ0) is 43.8. The van der Waals surface area contributed by atoms with Gasteiger partial charge in [-0.15, -0.1) is 0 Å². The number of furan rings is 1. The van der Waals surface area contributed by atoms with Crippen molar-refractivity contribution in [1.29, 1.82) is 0 Å². The standard InChI is InChI=1S/C63H39BN2O/c1-62-46-28-13-11-25-42(46)43-27-17-33-51(57(43)62)66-60-45(36-35-41(58(60)62)38-19-5-2-6-20-38)56-55-44-26-12-16-34-53(44)67-54(55)37-52-59(56)64(66)49-31-18-30-48-61(49)65(52)50-32-15-14-29-47(50)63(48,39-21-7-3-8-22-39)40-23-9-4-10-24-40/h2-37H,1H3. The van der Waals surface area contributed by atoms with Crippen molar-refractivity contribution in [1.82, 2.24) is 0 Å². The van der Waals surface area contributed by atoms with Gasteiger partial charge in [0.05, 0.1) is 11.1 Å². The monoisotopic (exact) mass is 850 g/mol. The molecule has 1 unspecified atom stereocenters. The van der Waals surface area contributed by atoms with E-state index >= 15 is 0 Å². The first-order valence-electron chi connectivity index (χ1n) is 23.6. The van der Waals surface area contributed by atoms with E-state index in [1.165, 1.54) is 111 Å². The predicted molar refractivity (Wildman–Crippen MR) is 276 cm³/mol. The molecule has 1 aliphatic carbocycles. The Morgan fingerprint density at radius 2 is 1.07 bits per heavy atom. The van der Waals surface area contributed by atoms with Crippen LogP contribution in [0.2, 0.25) is 0 Å². The quantitative estimate of drug-likeness (QED) is 0.165. The maximum absolute atomic E-state index is 7.06. The molecule has 67 heavy (non-hydrogen) atoms. The Bertz CT molecular complexity index is 3930. The molecular weight excluding hydrogens is 812 g/mol. The number of anilines is 5. The fraction of sp³-hybridized carbons (Fsp3) is 0.0476. The van der Waals surface area contributed by atoms with Crippen LogP contribution in [-0.4, -0.2) is 6.85 Å². The van der Waals surface area contributed by atoms with Crippen molar-refractivity contribution in [2.45, 2.75) is 17.8 Å². The zero-order valence-electron chi connectivity index (χ0n) is 36.7. The van der Waals surface area contributed by atoms with Crippen LogP contribution in [0.4, 0.5) is 28.4 Å². The molecule has 1 atom stereocenters. The number of benzene rings is 10. The van der Waals surface area contributed by atoms with Crippen LogP contribution in [0.25, 0.3) is 55.3 Å². The van der Waals surface area contributed by atoms with Crippen LogP contribution in [0.1, 0.15) is 45.9 Å². The van der Waals surface area contributed by atoms with Gasteiger partial charge in [0.1, 0.15) is 11.2 Å². The van der Waals surface area contributed by atoms with Gasteiger partial charge in [0.2, 0.25) is 0 Å². The first-order chi connectivity index (χ1) is 33.2. The summed E-state index contributed by atoms with van der Waals surface area (Å²) in [4.78, 5) is 5.39. The summed E-state index contributed by atoms with van der Waals surface area (Å²) in [6.45, 7) is 2.33. The van der Waals surface area contributed by atoms with E-state index in [1.807, 2.05) is 0 Å². The van der Waals surface area contributed by atoms with Gasteiger partial charge in [-0.3, -0.25) is 0 Å². The molecule has 5 aliphatic rings. The first kappa shape index (κ1) is 35.9. The van der Waals surface area contributed by atoms with Crippen LogP contribution in [0, 0.1) is 0 Å². The van der Waals surface area contributed by atoms with Crippen molar-refractivity contribution < 1.29 is 4.42 Å². The summed E-state index contributed by atoms with van der Waals surface area (Å²) in [6, 6.07) is 82.0. The van der Waals surface area contributed by atoms with Crippen LogP contribution in [0.15, 0.2) is 223 Å². The molecule has 4 heteroatoms. The Labute approximate surface area is 388 Å². The predicted octanol–water partition coefficient (Wildman–Crippen LogP) is 14.3. The molecule has 4 aliphatic heterocycles. The average molecular weight is 851 g/mol. The van der Waals surface area contributed by atoms with Gasteiger partial charge < -0.3 is 14.1 Å². The van der Waals surface area contributed by atoms with E-state index in [0.29, 0.717) is 0 Å². The minimum absolute atomic E-state index is 0.180. The van der Waals surface area contributed by atoms with E-state index in [2.05, 4.69) is 235 Å². The maximum Gasteiger partial charge on any atom is 0.333 e. The summed E-state index contributed by atoms with van der Waals surface area (Å²) in [5.74, 6) is 0. The molecule has 0 saturated carbocycles. The maximum atomic E-state index is 7.06. The Balaban J connectivity index is 1.13. The fourth-order valence-electron chi connectivity index (χ4n) is 13.9. The second-order valence-corrected chi connectivity index (χ2v) is 19.1. The Kier molecular flexibility index (Phi) is 6.71. The molecular formula is C63H39BN2O. The Morgan fingerprint density at radius 1 is 0.448 bits per heavy atom. The van der Waals surface area contributed by atoms with Gasteiger partial charge >= 0.3 is 6.85 Å². The first-order valence-corrected chi connectivity index (χ1v) is 23.6. The van der Waals surface area contributed by atoms with Gasteiger partial charge in [0, 0.05) is 50.6 Å². The summed E-state index contributed by atoms with van der Waals surface area (Å²) in [6.07, 6.45) is 0. The Hall–Kier alpha value is -8.34. The largest absolute Gasteiger partial charge is 0.456 e. The molecule has 0 N–H and O–H groups in total. The highest BCUT2D eigenvalue weighted by atomic mass is 16.3. The van der Waals surface area contributed by atoms with E-state index in [4.69, 9.17) is 4.42 Å². The minimum Gasteiger partial charge on any atom is -0.456 e. The molecule has 310 valence electrons. The Morgan fingerprint density at radius 3 is 1.88 bits per heavy atom. The molecule has 0 fully saturated rings. The second kappa shape index (κ2) is 12.5. The number of rotatable bonds is 3. The summed E-state index contributed by atoms with van der Waals surface area (Å²) >= 11 is 0. The van der Waals surface area contributed by atoms with Crippen molar-refractivity contribution in [3.63, 3.8) is 0 Å². The fourth-order valence-corrected chi connectivity index (χ4v) is 13.9. The summed E-state index contributed by atoms with van der Waals surface area (Å²) in [5, 5.41) is 2.32. The van der Waals surface area contributed by atoms with E-state index < -0.39 is 10.8 Å². The van der Waals surface area contributed by atoms with Gasteiger partial charge in [-0.2, -0.15) is 0 Å². The van der Waals surface area contributed by atoms with Gasteiger partial charge in [-0.05, 0) is 103 Å².